The molecular formula is C22H42O3. The monoisotopic (exact) mass is 354 g/mol. The summed E-state index contributed by atoms with van der Waals surface area (Å²) in [6.45, 7) is 4.21. The number of rotatable bonds is 18. The van der Waals surface area contributed by atoms with Gasteiger partial charge in [0.2, 0.25) is 6.29 Å². The maximum absolute atomic E-state index is 11.6. The van der Waals surface area contributed by atoms with E-state index in [1.165, 1.54) is 70.6 Å². The van der Waals surface area contributed by atoms with Crippen LogP contribution in [0.4, 0.5) is 0 Å². The molecule has 0 aliphatic carbocycles. The fourth-order valence-electron chi connectivity index (χ4n) is 2.84. The lowest BCUT2D eigenvalue weighted by atomic mass is 10.1. The summed E-state index contributed by atoms with van der Waals surface area (Å²) in [5.74, 6) is -0.133. The minimum absolute atomic E-state index is 0.133. The van der Waals surface area contributed by atoms with Crippen LogP contribution in [0.2, 0.25) is 0 Å². The van der Waals surface area contributed by atoms with Gasteiger partial charge in [-0.15, -0.1) is 0 Å². The molecule has 0 radical (unpaired) electrons. The van der Waals surface area contributed by atoms with Gasteiger partial charge < -0.3 is 9.47 Å². The van der Waals surface area contributed by atoms with Crippen LogP contribution < -0.4 is 0 Å². The van der Waals surface area contributed by atoms with Gasteiger partial charge in [0.1, 0.15) is 0 Å². The van der Waals surface area contributed by atoms with Gasteiger partial charge in [0.05, 0.1) is 0 Å². The molecule has 0 heterocycles. The zero-order valence-electron chi connectivity index (χ0n) is 17.1. The topological polar surface area (TPSA) is 35.5 Å². The normalized spacial score (nSPS) is 12.6. The molecule has 0 amide bonds. The molecule has 1 atom stereocenters. The van der Waals surface area contributed by atoms with Gasteiger partial charge in [-0.1, -0.05) is 77.4 Å². The third-order valence-electron chi connectivity index (χ3n) is 4.50. The van der Waals surface area contributed by atoms with Crippen molar-refractivity contribution in [3.05, 3.63) is 12.2 Å². The molecule has 0 rings (SSSR count). The Labute approximate surface area is 156 Å². The summed E-state index contributed by atoms with van der Waals surface area (Å²) in [5, 5.41) is 0. The van der Waals surface area contributed by atoms with Crippen molar-refractivity contribution in [1.29, 1.82) is 0 Å². The number of hydrogen-bond donors (Lipinski definition) is 0. The summed E-state index contributed by atoms with van der Waals surface area (Å²) in [6, 6.07) is 0. The molecule has 0 aromatic heterocycles. The summed E-state index contributed by atoms with van der Waals surface area (Å²) in [4.78, 5) is 11.6. The molecule has 0 bridgehead atoms. The Hall–Kier alpha value is -0.830. The highest BCUT2D eigenvalue weighted by Gasteiger charge is 2.10. The van der Waals surface area contributed by atoms with E-state index in [9.17, 15) is 4.79 Å². The number of carbonyl (C=O) groups is 1. The first-order chi connectivity index (χ1) is 12.2. The second kappa shape index (κ2) is 19.5. The first-order valence-electron chi connectivity index (χ1n) is 10.6. The maximum atomic E-state index is 11.6. The van der Waals surface area contributed by atoms with E-state index in [0.717, 1.165) is 12.8 Å². The average Bonchev–Trinajstić information content (AvgIpc) is 2.62. The molecule has 3 nitrogen and oxygen atoms in total. The third kappa shape index (κ3) is 17.8. The van der Waals surface area contributed by atoms with Crippen molar-refractivity contribution in [3.8, 4) is 0 Å². The highest BCUT2D eigenvalue weighted by Crippen LogP contribution is 2.11. The molecule has 0 fully saturated rings. The van der Waals surface area contributed by atoms with Gasteiger partial charge in [-0.2, -0.15) is 0 Å². The highest BCUT2D eigenvalue weighted by atomic mass is 16.7. The Morgan fingerprint density at radius 1 is 0.800 bits per heavy atom. The molecule has 0 saturated heterocycles. The van der Waals surface area contributed by atoms with Crippen molar-refractivity contribution >= 4 is 5.97 Å². The number of unbranched alkanes of at least 4 members (excludes halogenated alkanes) is 11. The lowest BCUT2D eigenvalue weighted by Gasteiger charge is -2.13. The van der Waals surface area contributed by atoms with Crippen molar-refractivity contribution in [1.82, 2.24) is 0 Å². The van der Waals surface area contributed by atoms with Gasteiger partial charge in [-0.3, -0.25) is 4.79 Å². The third-order valence-corrected chi connectivity index (χ3v) is 4.50. The minimum Gasteiger partial charge on any atom is -0.436 e. The number of hydrogen-bond acceptors (Lipinski definition) is 3. The summed E-state index contributed by atoms with van der Waals surface area (Å²) >= 11 is 0. The Kier molecular flexibility index (Phi) is 18.8. The van der Waals surface area contributed by atoms with Gasteiger partial charge in [-0.25, -0.2) is 0 Å². The largest absolute Gasteiger partial charge is 0.436 e. The number of carbonyl (C=O) groups excluding carboxylic acids is 1. The van der Waals surface area contributed by atoms with Crippen molar-refractivity contribution in [2.45, 2.75) is 116 Å². The van der Waals surface area contributed by atoms with Crippen molar-refractivity contribution < 1.29 is 14.3 Å². The second-order valence-corrected chi connectivity index (χ2v) is 6.90. The van der Waals surface area contributed by atoms with Gasteiger partial charge in [-0.05, 0) is 32.1 Å². The molecule has 3 heteroatoms. The van der Waals surface area contributed by atoms with Crippen LogP contribution >= 0.6 is 0 Å². The fourth-order valence-corrected chi connectivity index (χ4v) is 2.84. The Bertz CT molecular complexity index is 308. The van der Waals surface area contributed by atoms with Gasteiger partial charge >= 0.3 is 5.97 Å². The molecule has 1 unspecified atom stereocenters. The van der Waals surface area contributed by atoms with Crippen molar-refractivity contribution in [3.63, 3.8) is 0 Å². The van der Waals surface area contributed by atoms with Gasteiger partial charge in [0, 0.05) is 20.0 Å². The van der Waals surface area contributed by atoms with Crippen LogP contribution in [-0.4, -0.2) is 19.4 Å². The van der Waals surface area contributed by atoms with Crippen LogP contribution in [0.5, 0.6) is 0 Å². The van der Waals surface area contributed by atoms with E-state index in [1.807, 2.05) is 6.92 Å². The zero-order chi connectivity index (χ0) is 18.6. The molecule has 148 valence electrons. The van der Waals surface area contributed by atoms with E-state index < -0.39 is 0 Å². The maximum Gasteiger partial charge on any atom is 0.308 e. The number of methoxy groups -OCH3 is 1. The zero-order valence-corrected chi connectivity index (χ0v) is 17.1. The van der Waals surface area contributed by atoms with E-state index in [1.54, 1.807) is 7.11 Å². The minimum atomic E-state index is -0.379. The van der Waals surface area contributed by atoms with E-state index in [0.29, 0.717) is 12.8 Å². The van der Waals surface area contributed by atoms with E-state index >= 15 is 0 Å². The Morgan fingerprint density at radius 2 is 1.32 bits per heavy atom. The lowest BCUT2D eigenvalue weighted by molar-refractivity contribution is -0.173. The lowest BCUT2D eigenvalue weighted by Crippen LogP contribution is -2.18. The highest BCUT2D eigenvalue weighted by molar-refractivity contribution is 5.69. The summed E-state index contributed by atoms with van der Waals surface area (Å²) in [6.07, 6.45) is 22.0. The predicted octanol–water partition coefficient (Wildman–Crippen LogP) is 6.95. The molecule has 25 heavy (non-hydrogen) atoms. The van der Waals surface area contributed by atoms with Crippen LogP contribution in [0.15, 0.2) is 12.2 Å². The molecule has 0 N–H and O–H groups in total. The molecule has 0 aromatic carbocycles. The predicted molar refractivity (Wildman–Crippen MR) is 107 cm³/mol. The van der Waals surface area contributed by atoms with E-state index in [4.69, 9.17) is 9.47 Å². The number of esters is 1. The van der Waals surface area contributed by atoms with E-state index in [-0.39, 0.29) is 12.3 Å². The fraction of sp³-hybridized carbons (Fsp3) is 0.864. The molecule has 0 aliphatic rings. The number of allylic oxidation sites excluding steroid dienone is 2. The van der Waals surface area contributed by atoms with Gasteiger partial charge in [0.25, 0.3) is 0 Å². The standard InChI is InChI=1S/C22H42O3/c1-4-6-7-8-9-10-11-12-13-14-15-16-17-18-19-20-21(23)25-22(5-2)24-3/h12-13,22H,4-11,14-20H2,1-3H3/b13-12+. The quantitative estimate of drug-likeness (QED) is 0.116. The summed E-state index contributed by atoms with van der Waals surface area (Å²) < 4.78 is 10.2. The van der Waals surface area contributed by atoms with Crippen LogP contribution in [-0.2, 0) is 14.3 Å². The second-order valence-electron chi connectivity index (χ2n) is 6.90. The smallest absolute Gasteiger partial charge is 0.308 e. The summed E-state index contributed by atoms with van der Waals surface area (Å²) in [7, 11) is 1.57. The summed E-state index contributed by atoms with van der Waals surface area (Å²) in [5.41, 5.74) is 0. The van der Waals surface area contributed by atoms with Gasteiger partial charge in [0.15, 0.2) is 0 Å². The first-order valence-corrected chi connectivity index (χ1v) is 10.6. The molecule has 0 saturated carbocycles. The molecule has 0 spiro atoms. The van der Waals surface area contributed by atoms with Crippen LogP contribution in [0.25, 0.3) is 0 Å². The molecule has 0 aromatic rings. The van der Waals surface area contributed by atoms with Crippen molar-refractivity contribution in [2.75, 3.05) is 7.11 Å². The first kappa shape index (κ1) is 24.2. The average molecular weight is 355 g/mol. The van der Waals surface area contributed by atoms with Crippen LogP contribution in [0, 0.1) is 0 Å². The molecular weight excluding hydrogens is 312 g/mol. The molecule has 0 aliphatic heterocycles. The SMILES string of the molecule is CCCCCCCC/C=C/CCCCCCCC(=O)OC(CC)OC. The van der Waals surface area contributed by atoms with Crippen LogP contribution in [0.1, 0.15) is 110 Å². The van der Waals surface area contributed by atoms with Crippen molar-refractivity contribution in [2.24, 2.45) is 0 Å². The Balaban J connectivity index is 3.28. The number of ether oxygens (including phenoxy) is 2. The van der Waals surface area contributed by atoms with E-state index in [2.05, 4.69) is 19.1 Å². The van der Waals surface area contributed by atoms with Crippen LogP contribution in [0.3, 0.4) is 0 Å². The Morgan fingerprint density at radius 3 is 1.84 bits per heavy atom.